The predicted octanol–water partition coefficient (Wildman–Crippen LogP) is 2.77. The van der Waals surface area contributed by atoms with Gasteiger partial charge in [-0.2, -0.15) is 5.10 Å². The van der Waals surface area contributed by atoms with Crippen LogP contribution in [0.1, 0.15) is 28.4 Å². The fourth-order valence-electron chi connectivity index (χ4n) is 1.85. The molecule has 0 spiro atoms. The number of hydrogen-bond acceptors (Lipinski definition) is 2. The van der Waals surface area contributed by atoms with Crippen LogP contribution < -0.4 is 5.32 Å². The smallest absolute Gasteiger partial charge is 0.258 e. The summed E-state index contributed by atoms with van der Waals surface area (Å²) in [6.07, 6.45) is 3.34. The number of hydrogen-bond donors (Lipinski definition) is 1. The maximum absolute atomic E-state index is 12.1. The van der Waals surface area contributed by atoms with Crippen LogP contribution in [0.5, 0.6) is 0 Å². The lowest BCUT2D eigenvalue weighted by atomic mass is 10.1. The first kappa shape index (κ1) is 12.4. The van der Waals surface area contributed by atoms with Gasteiger partial charge in [0.05, 0.1) is 11.8 Å². The van der Waals surface area contributed by atoms with Crippen molar-refractivity contribution in [1.29, 1.82) is 0 Å². The molecule has 1 heterocycles. The van der Waals surface area contributed by atoms with Crippen molar-refractivity contribution in [3.63, 3.8) is 0 Å². The Kier molecular flexibility index (Phi) is 3.46. The van der Waals surface area contributed by atoms with Crippen LogP contribution in [0.25, 0.3) is 0 Å². The van der Waals surface area contributed by atoms with Crippen molar-refractivity contribution in [2.75, 3.05) is 5.32 Å². The van der Waals surface area contributed by atoms with Gasteiger partial charge in [0, 0.05) is 18.4 Å². The number of para-hydroxylation sites is 1. The Labute approximate surface area is 107 Å². The Morgan fingerprint density at radius 1 is 1.33 bits per heavy atom. The van der Waals surface area contributed by atoms with Crippen LogP contribution in [-0.2, 0) is 6.54 Å². The number of aryl methyl sites for hydroxylation is 3. The SMILES string of the molecule is CCn1cc(C(=O)Nc2c(C)cccc2C)cn1. The van der Waals surface area contributed by atoms with Crippen LogP contribution in [0.2, 0.25) is 0 Å². The minimum atomic E-state index is -0.118. The van der Waals surface area contributed by atoms with Crippen LogP contribution in [0.3, 0.4) is 0 Å². The second kappa shape index (κ2) is 5.04. The second-order valence-electron chi connectivity index (χ2n) is 4.31. The summed E-state index contributed by atoms with van der Waals surface area (Å²) in [7, 11) is 0. The molecule has 18 heavy (non-hydrogen) atoms. The highest BCUT2D eigenvalue weighted by Gasteiger charge is 2.11. The molecule has 1 aromatic heterocycles. The lowest BCUT2D eigenvalue weighted by Gasteiger charge is -2.10. The van der Waals surface area contributed by atoms with E-state index in [9.17, 15) is 4.79 Å². The van der Waals surface area contributed by atoms with Crippen LogP contribution in [-0.4, -0.2) is 15.7 Å². The predicted molar refractivity (Wildman–Crippen MR) is 71.8 cm³/mol. The van der Waals surface area contributed by atoms with E-state index >= 15 is 0 Å². The molecule has 0 bridgehead atoms. The van der Waals surface area contributed by atoms with Crippen molar-refractivity contribution in [1.82, 2.24) is 9.78 Å². The number of rotatable bonds is 3. The molecule has 0 aliphatic heterocycles. The first-order valence-corrected chi connectivity index (χ1v) is 6.02. The van der Waals surface area contributed by atoms with E-state index in [0.717, 1.165) is 23.4 Å². The molecule has 4 nitrogen and oxygen atoms in total. The largest absolute Gasteiger partial charge is 0.321 e. The Bertz CT molecular complexity index is 552. The van der Waals surface area contributed by atoms with Crippen molar-refractivity contribution in [2.24, 2.45) is 0 Å². The summed E-state index contributed by atoms with van der Waals surface area (Å²) in [5.74, 6) is -0.118. The molecule has 1 N–H and O–H groups in total. The molecule has 0 atom stereocenters. The molecule has 94 valence electrons. The van der Waals surface area contributed by atoms with E-state index in [0.29, 0.717) is 5.56 Å². The molecule has 0 fully saturated rings. The van der Waals surface area contributed by atoms with Gasteiger partial charge in [-0.1, -0.05) is 18.2 Å². The van der Waals surface area contributed by atoms with E-state index in [4.69, 9.17) is 0 Å². The van der Waals surface area contributed by atoms with Gasteiger partial charge in [0.25, 0.3) is 5.91 Å². The second-order valence-corrected chi connectivity index (χ2v) is 4.31. The van der Waals surface area contributed by atoms with Gasteiger partial charge in [0.2, 0.25) is 0 Å². The molecule has 0 unspecified atom stereocenters. The Hall–Kier alpha value is -2.10. The summed E-state index contributed by atoms with van der Waals surface area (Å²) >= 11 is 0. The summed E-state index contributed by atoms with van der Waals surface area (Å²) in [4.78, 5) is 12.1. The van der Waals surface area contributed by atoms with Crippen LogP contribution in [0.4, 0.5) is 5.69 Å². The molecule has 0 aliphatic rings. The topological polar surface area (TPSA) is 46.9 Å². The molecule has 1 amide bonds. The molecule has 1 aromatic carbocycles. The number of anilines is 1. The van der Waals surface area contributed by atoms with Gasteiger partial charge >= 0.3 is 0 Å². The van der Waals surface area contributed by atoms with Crippen LogP contribution in [0, 0.1) is 13.8 Å². The Morgan fingerprint density at radius 3 is 2.56 bits per heavy atom. The molecule has 0 aliphatic carbocycles. The molecule has 2 aromatic rings. The molecule has 0 radical (unpaired) electrons. The van der Waals surface area contributed by atoms with Gasteiger partial charge < -0.3 is 5.32 Å². The molecule has 0 saturated heterocycles. The van der Waals surface area contributed by atoms with Crippen molar-refractivity contribution in [3.8, 4) is 0 Å². The van der Waals surface area contributed by atoms with Crippen LogP contribution in [0.15, 0.2) is 30.6 Å². The highest BCUT2D eigenvalue weighted by Crippen LogP contribution is 2.20. The quantitative estimate of drug-likeness (QED) is 0.901. The summed E-state index contributed by atoms with van der Waals surface area (Å²) in [5, 5.41) is 7.04. The average Bonchev–Trinajstić information content (AvgIpc) is 2.82. The fourth-order valence-corrected chi connectivity index (χ4v) is 1.85. The molecule has 0 saturated carbocycles. The van der Waals surface area contributed by atoms with Crippen molar-refractivity contribution < 1.29 is 4.79 Å². The maximum atomic E-state index is 12.1. The lowest BCUT2D eigenvalue weighted by molar-refractivity contribution is 0.102. The number of amides is 1. The summed E-state index contributed by atoms with van der Waals surface area (Å²) in [5.41, 5.74) is 3.59. The Balaban J connectivity index is 2.21. The summed E-state index contributed by atoms with van der Waals surface area (Å²) in [6, 6.07) is 5.95. The van der Waals surface area contributed by atoms with E-state index < -0.39 is 0 Å². The normalized spacial score (nSPS) is 10.4. The molecular weight excluding hydrogens is 226 g/mol. The van der Waals surface area contributed by atoms with E-state index in [-0.39, 0.29) is 5.91 Å². The van der Waals surface area contributed by atoms with Gasteiger partial charge in [0.1, 0.15) is 0 Å². The zero-order chi connectivity index (χ0) is 13.1. The highest BCUT2D eigenvalue weighted by molar-refractivity contribution is 6.04. The first-order valence-electron chi connectivity index (χ1n) is 6.02. The number of benzene rings is 1. The number of nitrogens with one attached hydrogen (secondary N) is 1. The van der Waals surface area contributed by atoms with Crippen molar-refractivity contribution in [3.05, 3.63) is 47.3 Å². The standard InChI is InChI=1S/C14H17N3O/c1-4-17-9-12(8-15-17)14(18)16-13-10(2)6-5-7-11(13)3/h5-9H,4H2,1-3H3,(H,16,18). The van der Waals surface area contributed by atoms with Gasteiger partial charge in [-0.25, -0.2) is 0 Å². The van der Waals surface area contributed by atoms with Gasteiger partial charge in [-0.15, -0.1) is 0 Å². The minimum absolute atomic E-state index is 0.118. The molecular formula is C14H17N3O. The van der Waals surface area contributed by atoms with Crippen molar-refractivity contribution >= 4 is 11.6 Å². The number of carbonyl (C=O) groups is 1. The summed E-state index contributed by atoms with van der Waals surface area (Å²) < 4.78 is 1.74. The molecule has 2 rings (SSSR count). The third-order valence-corrected chi connectivity index (χ3v) is 2.94. The van der Waals surface area contributed by atoms with E-state index in [1.807, 2.05) is 39.0 Å². The maximum Gasteiger partial charge on any atom is 0.258 e. The molecule has 4 heteroatoms. The lowest BCUT2D eigenvalue weighted by Crippen LogP contribution is -2.13. The van der Waals surface area contributed by atoms with Gasteiger partial charge in [-0.3, -0.25) is 9.48 Å². The van der Waals surface area contributed by atoms with Gasteiger partial charge in [0.15, 0.2) is 0 Å². The van der Waals surface area contributed by atoms with E-state index in [1.165, 1.54) is 0 Å². The fraction of sp³-hybridized carbons (Fsp3) is 0.286. The Morgan fingerprint density at radius 2 is 2.00 bits per heavy atom. The van der Waals surface area contributed by atoms with E-state index in [2.05, 4.69) is 10.4 Å². The number of nitrogens with zero attached hydrogens (tertiary/aromatic N) is 2. The highest BCUT2D eigenvalue weighted by atomic mass is 16.1. The monoisotopic (exact) mass is 243 g/mol. The third-order valence-electron chi connectivity index (χ3n) is 2.94. The average molecular weight is 243 g/mol. The van der Waals surface area contributed by atoms with Crippen molar-refractivity contribution in [2.45, 2.75) is 27.3 Å². The number of aromatic nitrogens is 2. The van der Waals surface area contributed by atoms with E-state index in [1.54, 1.807) is 17.1 Å². The minimum Gasteiger partial charge on any atom is -0.321 e. The zero-order valence-corrected chi connectivity index (χ0v) is 10.9. The van der Waals surface area contributed by atoms with Gasteiger partial charge in [-0.05, 0) is 31.9 Å². The first-order chi connectivity index (χ1) is 8.61. The zero-order valence-electron chi connectivity index (χ0n) is 10.9. The van der Waals surface area contributed by atoms with Crippen LogP contribution >= 0.6 is 0 Å². The third kappa shape index (κ3) is 2.42. The number of carbonyl (C=O) groups excluding carboxylic acids is 1. The summed E-state index contributed by atoms with van der Waals surface area (Å²) in [6.45, 7) is 6.72.